The second kappa shape index (κ2) is 15.8. The summed E-state index contributed by atoms with van der Waals surface area (Å²) < 4.78 is 6.62. The average Bonchev–Trinajstić information content (AvgIpc) is 3.41. The van der Waals surface area contributed by atoms with E-state index in [0.717, 1.165) is 11.4 Å². The van der Waals surface area contributed by atoms with Crippen molar-refractivity contribution >= 4 is 33.7 Å². The number of hydrogen-bond acceptors (Lipinski definition) is 3. The molecule has 0 unspecified atom stereocenters. The van der Waals surface area contributed by atoms with E-state index in [2.05, 4.69) is 196 Å². The summed E-state index contributed by atoms with van der Waals surface area (Å²) in [6.45, 7) is 13.0. The molecular formula is C48H51N3O. The highest BCUT2D eigenvalue weighted by molar-refractivity contribution is 5.93. The summed E-state index contributed by atoms with van der Waals surface area (Å²) in [5.41, 5.74) is 19.6. The zero-order valence-electron chi connectivity index (χ0n) is 32.1. The maximum absolute atomic E-state index is 4.25. The van der Waals surface area contributed by atoms with Gasteiger partial charge in [-0.3, -0.25) is 0 Å². The molecular weight excluding hydrogens is 635 g/mol. The lowest BCUT2D eigenvalue weighted by atomic mass is 9.82. The van der Waals surface area contributed by atoms with Crippen LogP contribution in [0.1, 0.15) is 56.0 Å². The van der Waals surface area contributed by atoms with Crippen molar-refractivity contribution in [3.05, 3.63) is 177 Å². The number of ether oxygens (including phenoxy) is 1. The fourth-order valence-electron chi connectivity index (χ4n) is 7.75. The summed E-state index contributed by atoms with van der Waals surface area (Å²) >= 11 is 0. The Morgan fingerprint density at radius 3 is 1.37 bits per heavy atom. The van der Waals surface area contributed by atoms with E-state index >= 15 is 0 Å². The summed E-state index contributed by atoms with van der Waals surface area (Å²) in [6, 6.07) is 46.7. The van der Waals surface area contributed by atoms with E-state index in [1.165, 1.54) is 83.6 Å². The molecule has 7 aromatic rings. The van der Waals surface area contributed by atoms with Gasteiger partial charge in [0.25, 0.3) is 0 Å². The van der Waals surface area contributed by atoms with Crippen molar-refractivity contribution in [1.29, 1.82) is 0 Å². The molecule has 0 atom stereocenters. The summed E-state index contributed by atoms with van der Waals surface area (Å²) in [6.07, 6.45) is 0. The Labute approximate surface area is 310 Å². The first-order valence-electron chi connectivity index (χ1n) is 18.0. The van der Waals surface area contributed by atoms with Crippen molar-refractivity contribution in [3.8, 4) is 11.3 Å². The first-order valence-corrected chi connectivity index (χ1v) is 18.0. The first-order chi connectivity index (χ1) is 25.1. The zero-order valence-corrected chi connectivity index (χ0v) is 32.1. The molecule has 0 fully saturated rings. The minimum Gasteiger partial charge on any atom is -0.388 e. The number of aromatic nitrogens is 1. The first kappa shape index (κ1) is 36.2. The van der Waals surface area contributed by atoms with Crippen molar-refractivity contribution in [3.63, 3.8) is 0 Å². The number of para-hydroxylation sites is 1. The van der Waals surface area contributed by atoms with Crippen LogP contribution in [0.25, 0.3) is 22.2 Å². The van der Waals surface area contributed by atoms with Crippen molar-refractivity contribution in [2.75, 3.05) is 24.9 Å². The summed E-state index contributed by atoms with van der Waals surface area (Å²) in [7, 11) is 5.45. The van der Waals surface area contributed by atoms with E-state index in [4.69, 9.17) is 0 Å². The van der Waals surface area contributed by atoms with Crippen LogP contribution in [0.4, 0.5) is 22.7 Å². The van der Waals surface area contributed by atoms with Gasteiger partial charge in [-0.05, 0) is 116 Å². The monoisotopic (exact) mass is 685 g/mol. The molecule has 0 saturated carbocycles. The van der Waals surface area contributed by atoms with Gasteiger partial charge in [0, 0.05) is 60.8 Å². The molecule has 7 rings (SSSR count). The number of methoxy groups -OCH3 is 1. The lowest BCUT2D eigenvalue weighted by Gasteiger charge is -2.22. The highest BCUT2D eigenvalue weighted by atomic mass is 16.4. The molecule has 52 heavy (non-hydrogen) atoms. The van der Waals surface area contributed by atoms with Crippen molar-refractivity contribution < 1.29 is 4.74 Å². The Hall–Kier alpha value is -5.58. The Morgan fingerprint density at radius 1 is 0.519 bits per heavy atom. The highest BCUT2D eigenvalue weighted by Gasteiger charge is 2.27. The molecule has 2 N–H and O–H groups in total. The molecule has 0 aliphatic rings. The SMILES string of the molecule is COC.Cc1cc(C)c(Nc2ccc(C(c3ccc(Nc4c(C)cc(C)cc4C)cc3)c3c(-c4ccccc4)n(C)c4ccccc34)cc2)c(C)c1. The van der Waals surface area contributed by atoms with Gasteiger partial charge >= 0.3 is 0 Å². The molecule has 0 aliphatic heterocycles. The zero-order chi connectivity index (χ0) is 36.9. The lowest BCUT2D eigenvalue weighted by molar-refractivity contribution is 0.277. The highest BCUT2D eigenvalue weighted by Crippen LogP contribution is 2.44. The Kier molecular flexibility index (Phi) is 11.0. The summed E-state index contributed by atoms with van der Waals surface area (Å²) in [5, 5.41) is 8.70. The largest absolute Gasteiger partial charge is 0.388 e. The molecule has 0 aliphatic carbocycles. The number of rotatable bonds is 8. The maximum atomic E-state index is 4.25. The van der Waals surface area contributed by atoms with E-state index in [9.17, 15) is 0 Å². The summed E-state index contributed by atoms with van der Waals surface area (Å²) in [5.74, 6) is 0.00935. The molecule has 1 aromatic heterocycles. The minimum atomic E-state index is 0.00935. The second-order valence-electron chi connectivity index (χ2n) is 14.1. The molecule has 6 aromatic carbocycles. The Morgan fingerprint density at radius 2 is 0.923 bits per heavy atom. The van der Waals surface area contributed by atoms with Crippen LogP contribution in [0.15, 0.2) is 127 Å². The molecule has 0 amide bonds. The average molecular weight is 686 g/mol. The van der Waals surface area contributed by atoms with Gasteiger partial charge in [-0.15, -0.1) is 0 Å². The molecule has 0 spiro atoms. The van der Waals surface area contributed by atoms with E-state index in [-0.39, 0.29) is 5.92 Å². The second-order valence-corrected chi connectivity index (χ2v) is 14.1. The van der Waals surface area contributed by atoms with Gasteiger partial charge in [0.05, 0.1) is 5.69 Å². The molecule has 0 bridgehead atoms. The van der Waals surface area contributed by atoms with Gasteiger partial charge in [-0.25, -0.2) is 0 Å². The van der Waals surface area contributed by atoms with Crippen LogP contribution in [-0.4, -0.2) is 18.8 Å². The topological polar surface area (TPSA) is 38.2 Å². The van der Waals surface area contributed by atoms with E-state index in [1.807, 2.05) is 0 Å². The van der Waals surface area contributed by atoms with Gasteiger partial charge in [-0.1, -0.05) is 108 Å². The molecule has 0 radical (unpaired) electrons. The smallest absolute Gasteiger partial charge is 0.0530 e. The lowest BCUT2D eigenvalue weighted by Crippen LogP contribution is -2.06. The van der Waals surface area contributed by atoms with Crippen molar-refractivity contribution in [2.45, 2.75) is 47.5 Å². The van der Waals surface area contributed by atoms with E-state index in [1.54, 1.807) is 14.2 Å². The van der Waals surface area contributed by atoms with Gasteiger partial charge in [-0.2, -0.15) is 0 Å². The number of nitrogens with one attached hydrogen (secondary N) is 2. The predicted molar refractivity (Wildman–Crippen MR) is 223 cm³/mol. The van der Waals surface area contributed by atoms with Crippen LogP contribution in [0.3, 0.4) is 0 Å². The maximum Gasteiger partial charge on any atom is 0.0530 e. The third kappa shape index (κ3) is 7.54. The third-order valence-electron chi connectivity index (χ3n) is 9.86. The Bertz CT molecular complexity index is 2150. The van der Waals surface area contributed by atoms with Crippen LogP contribution in [0, 0.1) is 41.5 Å². The summed E-state index contributed by atoms with van der Waals surface area (Å²) in [4.78, 5) is 0. The molecule has 0 saturated heterocycles. The van der Waals surface area contributed by atoms with Crippen LogP contribution in [-0.2, 0) is 11.8 Å². The fraction of sp³-hybridized carbons (Fsp3) is 0.208. The molecule has 4 nitrogen and oxygen atoms in total. The minimum absolute atomic E-state index is 0.00935. The van der Waals surface area contributed by atoms with Crippen LogP contribution in [0.2, 0.25) is 0 Å². The standard InChI is InChI=1S/C46H45N3.C2H6O/c1-29-25-31(3)44(32(4)26-29)47-38-21-17-35(18-22-38)42(36-19-23-39(24-20-36)48-45-33(5)27-30(2)28-34(45)6)43-40-15-11-12-16-41(40)49(7)46(43)37-13-9-8-10-14-37;1-3-2/h8-28,42,47-48H,1-7H3;1-2H3. The number of fused-ring (bicyclic) bond motifs is 1. The number of hydrogen-bond donors (Lipinski definition) is 2. The number of nitrogens with zero attached hydrogens (tertiary/aromatic N) is 1. The van der Waals surface area contributed by atoms with Crippen LogP contribution >= 0.6 is 0 Å². The number of aryl methyl sites for hydroxylation is 7. The van der Waals surface area contributed by atoms with Gasteiger partial charge in [0.2, 0.25) is 0 Å². The fourth-order valence-corrected chi connectivity index (χ4v) is 7.75. The van der Waals surface area contributed by atoms with E-state index < -0.39 is 0 Å². The van der Waals surface area contributed by atoms with Gasteiger partial charge < -0.3 is 19.9 Å². The quantitative estimate of drug-likeness (QED) is 0.167. The van der Waals surface area contributed by atoms with Crippen molar-refractivity contribution in [2.24, 2.45) is 7.05 Å². The van der Waals surface area contributed by atoms with Gasteiger partial charge in [0.1, 0.15) is 0 Å². The molecule has 264 valence electrons. The van der Waals surface area contributed by atoms with Crippen LogP contribution in [0.5, 0.6) is 0 Å². The number of anilines is 4. The van der Waals surface area contributed by atoms with E-state index in [0.29, 0.717) is 0 Å². The number of benzene rings is 6. The van der Waals surface area contributed by atoms with Gasteiger partial charge in [0.15, 0.2) is 0 Å². The normalized spacial score (nSPS) is 11.0. The molecule has 4 heteroatoms. The predicted octanol–water partition coefficient (Wildman–Crippen LogP) is 12.6. The Balaban J connectivity index is 0.00000150. The molecule has 1 heterocycles. The van der Waals surface area contributed by atoms with Crippen LogP contribution < -0.4 is 10.6 Å². The van der Waals surface area contributed by atoms with Crippen molar-refractivity contribution in [1.82, 2.24) is 4.57 Å². The third-order valence-corrected chi connectivity index (χ3v) is 9.86.